The highest BCUT2D eigenvalue weighted by molar-refractivity contribution is 7.89. The van der Waals surface area contributed by atoms with Gasteiger partial charge in [0.25, 0.3) is 15.9 Å². The summed E-state index contributed by atoms with van der Waals surface area (Å²) >= 11 is 0. The van der Waals surface area contributed by atoms with Crippen LogP contribution in [0, 0.1) is 26.7 Å². The number of nitrogens with zero attached hydrogens (tertiary/aromatic N) is 3. The monoisotopic (exact) mass is 476 g/mol. The van der Waals surface area contributed by atoms with Gasteiger partial charge in [-0.25, -0.2) is 13.4 Å². The maximum absolute atomic E-state index is 12.8. The first-order chi connectivity index (χ1) is 15.5. The van der Waals surface area contributed by atoms with Crippen LogP contribution in [0.1, 0.15) is 48.3 Å². The second-order valence-corrected chi connectivity index (χ2v) is 10.5. The van der Waals surface area contributed by atoms with Gasteiger partial charge in [-0.15, -0.1) is 0 Å². The average molecular weight is 477 g/mol. The van der Waals surface area contributed by atoms with Crippen molar-refractivity contribution < 1.29 is 22.7 Å². The number of amides is 1. The molecule has 33 heavy (non-hydrogen) atoms. The van der Waals surface area contributed by atoms with E-state index >= 15 is 0 Å². The minimum Gasteiger partial charge on any atom is -0.455 e. The molecule has 1 aliphatic rings. The molecule has 10 heteroatoms. The highest BCUT2D eigenvalue weighted by Gasteiger charge is 2.34. The largest absolute Gasteiger partial charge is 0.455 e. The first kappa shape index (κ1) is 24.9. The fourth-order valence-corrected chi connectivity index (χ4v) is 5.26. The number of imidazole rings is 1. The van der Waals surface area contributed by atoms with Crippen LogP contribution in [-0.2, 0) is 31.4 Å². The molecule has 1 aromatic heterocycles. The third-order valence-corrected chi connectivity index (χ3v) is 8.00. The fourth-order valence-electron chi connectivity index (χ4n) is 3.77. The molecule has 9 nitrogen and oxygen atoms in total. The van der Waals surface area contributed by atoms with E-state index in [-0.39, 0.29) is 36.7 Å². The zero-order valence-corrected chi connectivity index (χ0v) is 20.6. The molecule has 1 amide bonds. The van der Waals surface area contributed by atoms with E-state index < -0.39 is 21.9 Å². The van der Waals surface area contributed by atoms with E-state index in [1.807, 2.05) is 39.0 Å². The molecule has 1 aliphatic heterocycles. The first-order valence-electron chi connectivity index (χ1n) is 11.0. The van der Waals surface area contributed by atoms with E-state index in [1.54, 1.807) is 18.5 Å². The molecular weight excluding hydrogens is 444 g/mol. The quantitative estimate of drug-likeness (QED) is 0.613. The smallest absolute Gasteiger partial charge is 0.309 e. The van der Waals surface area contributed by atoms with Crippen molar-refractivity contribution in [1.29, 1.82) is 0 Å². The van der Waals surface area contributed by atoms with Crippen LogP contribution in [0.3, 0.4) is 0 Å². The van der Waals surface area contributed by atoms with Crippen LogP contribution >= 0.6 is 0 Å². The molecule has 1 saturated heterocycles. The Morgan fingerprint density at radius 1 is 1.18 bits per heavy atom. The lowest BCUT2D eigenvalue weighted by Gasteiger charge is -2.29. The third-order valence-electron chi connectivity index (χ3n) is 6.23. The standard InChI is InChI=1S/C23H32N4O5S/c1-15-6-7-20(12-16(15)2)17(3)24-21(28)14-32-23(29)19-8-10-27(11-9-19)33(30,31)22-13-26(5)18(4)25-22/h6-7,12-13,17,19H,8-11,14H2,1-5H3,(H,24,28). The molecule has 1 aromatic carbocycles. The van der Waals surface area contributed by atoms with Crippen LogP contribution in [0.2, 0.25) is 0 Å². The predicted molar refractivity (Wildman–Crippen MR) is 123 cm³/mol. The Hall–Kier alpha value is -2.72. The SMILES string of the molecule is Cc1ccc(C(C)NC(=O)COC(=O)C2CCN(S(=O)(=O)c3cn(C)c(C)n3)CC2)cc1C. The summed E-state index contributed by atoms with van der Waals surface area (Å²) < 4.78 is 33.8. The Bertz CT molecular complexity index is 1110. The summed E-state index contributed by atoms with van der Waals surface area (Å²) in [5.41, 5.74) is 3.31. The molecule has 0 radical (unpaired) electrons. The topological polar surface area (TPSA) is 111 Å². The fraction of sp³-hybridized carbons (Fsp3) is 0.522. The van der Waals surface area contributed by atoms with Crippen LogP contribution in [0.15, 0.2) is 29.4 Å². The number of aromatic nitrogens is 2. The Labute approximate surface area is 195 Å². The number of carbonyl (C=O) groups excluding carboxylic acids is 2. The maximum atomic E-state index is 12.8. The van der Waals surface area contributed by atoms with E-state index in [4.69, 9.17) is 4.74 Å². The molecule has 0 saturated carbocycles. The number of hydrogen-bond donors (Lipinski definition) is 1. The number of piperidine rings is 1. The number of aryl methyl sites for hydroxylation is 4. The van der Waals surface area contributed by atoms with Gasteiger partial charge in [0.1, 0.15) is 5.82 Å². The molecule has 1 unspecified atom stereocenters. The van der Waals surface area contributed by atoms with Crippen molar-refractivity contribution in [3.8, 4) is 0 Å². The van der Waals surface area contributed by atoms with Gasteiger partial charge in [-0.3, -0.25) is 9.59 Å². The maximum Gasteiger partial charge on any atom is 0.309 e. The molecule has 0 spiro atoms. The summed E-state index contributed by atoms with van der Waals surface area (Å²) in [7, 11) is -1.96. The molecule has 0 aliphatic carbocycles. The van der Waals surface area contributed by atoms with Gasteiger partial charge < -0.3 is 14.6 Å². The van der Waals surface area contributed by atoms with Gasteiger partial charge in [-0.2, -0.15) is 4.31 Å². The first-order valence-corrected chi connectivity index (χ1v) is 12.5. The van der Waals surface area contributed by atoms with E-state index in [0.717, 1.165) is 11.1 Å². The summed E-state index contributed by atoms with van der Waals surface area (Å²) in [4.78, 5) is 28.8. The minimum absolute atomic E-state index is 0.0121. The molecular formula is C23H32N4O5S. The van der Waals surface area contributed by atoms with Crippen molar-refractivity contribution in [3.05, 3.63) is 46.9 Å². The van der Waals surface area contributed by atoms with E-state index in [1.165, 1.54) is 16.1 Å². The summed E-state index contributed by atoms with van der Waals surface area (Å²) in [6.45, 7) is 7.70. The highest BCUT2D eigenvalue weighted by atomic mass is 32.2. The number of sulfonamides is 1. The Balaban J connectivity index is 1.47. The number of nitrogens with one attached hydrogen (secondary N) is 1. The lowest BCUT2D eigenvalue weighted by Crippen LogP contribution is -2.41. The van der Waals surface area contributed by atoms with E-state index in [9.17, 15) is 18.0 Å². The molecule has 1 N–H and O–H groups in total. The number of ether oxygens (including phenoxy) is 1. The lowest BCUT2D eigenvalue weighted by atomic mass is 9.98. The van der Waals surface area contributed by atoms with Crippen LogP contribution in [-0.4, -0.2) is 53.8 Å². The number of hydrogen-bond acceptors (Lipinski definition) is 6. The lowest BCUT2D eigenvalue weighted by molar-refractivity contribution is -0.153. The molecule has 2 aromatic rings. The van der Waals surface area contributed by atoms with Crippen molar-refractivity contribution >= 4 is 21.9 Å². The van der Waals surface area contributed by atoms with Gasteiger partial charge in [0.15, 0.2) is 11.6 Å². The molecule has 3 rings (SSSR count). The van der Waals surface area contributed by atoms with E-state index in [2.05, 4.69) is 10.3 Å². The van der Waals surface area contributed by atoms with Crippen LogP contribution < -0.4 is 5.32 Å². The van der Waals surface area contributed by atoms with Crippen molar-refractivity contribution in [2.45, 2.75) is 51.6 Å². The van der Waals surface area contributed by atoms with Crippen LogP contribution in [0.4, 0.5) is 0 Å². The molecule has 1 atom stereocenters. The number of benzene rings is 1. The van der Waals surface area contributed by atoms with E-state index in [0.29, 0.717) is 18.7 Å². The Morgan fingerprint density at radius 3 is 2.42 bits per heavy atom. The summed E-state index contributed by atoms with van der Waals surface area (Å²) in [5.74, 6) is -0.682. The molecule has 2 heterocycles. The zero-order chi connectivity index (χ0) is 24.3. The van der Waals surface area contributed by atoms with Gasteiger partial charge in [0, 0.05) is 26.3 Å². The van der Waals surface area contributed by atoms with Gasteiger partial charge in [0.05, 0.1) is 12.0 Å². The van der Waals surface area contributed by atoms with Crippen molar-refractivity contribution in [1.82, 2.24) is 19.2 Å². The van der Waals surface area contributed by atoms with Gasteiger partial charge in [-0.1, -0.05) is 18.2 Å². The van der Waals surface area contributed by atoms with Crippen LogP contribution in [0.5, 0.6) is 0 Å². The van der Waals surface area contributed by atoms with Gasteiger partial charge in [-0.05, 0) is 57.2 Å². The van der Waals surface area contributed by atoms with Gasteiger partial charge in [0.2, 0.25) is 0 Å². The van der Waals surface area contributed by atoms with Crippen molar-refractivity contribution in [3.63, 3.8) is 0 Å². The normalized spacial score (nSPS) is 16.4. The van der Waals surface area contributed by atoms with Crippen molar-refractivity contribution in [2.24, 2.45) is 13.0 Å². The summed E-state index contributed by atoms with van der Waals surface area (Å²) in [6, 6.07) is 5.79. The number of esters is 1. The molecule has 1 fully saturated rings. The second-order valence-electron chi connectivity index (χ2n) is 8.66. The Kier molecular flexibility index (Phi) is 7.58. The number of carbonyl (C=O) groups is 2. The number of rotatable bonds is 7. The van der Waals surface area contributed by atoms with Gasteiger partial charge >= 0.3 is 5.97 Å². The molecule has 180 valence electrons. The van der Waals surface area contributed by atoms with Crippen LogP contribution in [0.25, 0.3) is 0 Å². The molecule has 0 bridgehead atoms. The third kappa shape index (κ3) is 5.80. The average Bonchev–Trinajstić information content (AvgIpc) is 3.13. The minimum atomic E-state index is -3.70. The highest BCUT2D eigenvalue weighted by Crippen LogP contribution is 2.24. The second kappa shape index (κ2) is 10.0. The Morgan fingerprint density at radius 2 is 1.85 bits per heavy atom. The summed E-state index contributed by atoms with van der Waals surface area (Å²) in [6.07, 6.45) is 2.16. The zero-order valence-electron chi connectivity index (χ0n) is 19.8. The summed E-state index contributed by atoms with van der Waals surface area (Å²) in [5, 5.41) is 2.85. The predicted octanol–water partition coefficient (Wildman–Crippen LogP) is 2.17. The van der Waals surface area contributed by atoms with Crippen molar-refractivity contribution in [2.75, 3.05) is 19.7 Å².